The Bertz CT molecular complexity index is 395. The summed E-state index contributed by atoms with van der Waals surface area (Å²) < 4.78 is 0.961. The van der Waals surface area contributed by atoms with Crippen molar-refractivity contribution in [2.24, 2.45) is 0 Å². The molecule has 0 aliphatic rings. The summed E-state index contributed by atoms with van der Waals surface area (Å²) in [5.74, 6) is 2.64. The number of hydrogen-bond acceptors (Lipinski definition) is 2. The number of aliphatic hydroxyl groups excluding tert-OH is 1. The van der Waals surface area contributed by atoms with Crippen LogP contribution in [0.25, 0.3) is 0 Å². The number of nitrogens with zero attached hydrogens (tertiary/aromatic N) is 1. The quantitative estimate of drug-likeness (QED) is 0.858. The summed E-state index contributed by atoms with van der Waals surface area (Å²) in [6, 6.07) is 5.83. The topological polar surface area (TPSA) is 23.5 Å². The molecule has 0 heterocycles. The smallest absolute Gasteiger partial charge is 0.0791 e. The Morgan fingerprint density at radius 3 is 2.69 bits per heavy atom. The highest BCUT2D eigenvalue weighted by atomic mass is 79.9. The van der Waals surface area contributed by atoms with Crippen LogP contribution in [-0.2, 0) is 0 Å². The van der Waals surface area contributed by atoms with E-state index in [0.717, 1.165) is 22.3 Å². The maximum Gasteiger partial charge on any atom is 0.0791 e. The van der Waals surface area contributed by atoms with E-state index in [1.54, 1.807) is 6.92 Å². The van der Waals surface area contributed by atoms with Gasteiger partial charge in [0, 0.05) is 11.0 Å². The molecule has 0 bridgehead atoms. The molecule has 1 N–H and O–H groups in total. The van der Waals surface area contributed by atoms with Crippen LogP contribution in [0.15, 0.2) is 22.7 Å². The molecule has 1 aromatic rings. The number of aliphatic hydroxyl groups is 1. The third-order valence-corrected chi connectivity index (χ3v) is 3.09. The average molecular weight is 282 g/mol. The molecule has 0 aromatic heterocycles. The standard InChI is InChI=1S/C13H16BrNO/c1-4-8-15(5-2)13-7-6-11(10(3)16)9-12(13)14/h1,6-7,9-10,16H,5,8H2,2-3H3/t10-/m0/s1. The van der Waals surface area contributed by atoms with Crippen molar-refractivity contribution in [3.8, 4) is 12.3 Å². The van der Waals surface area contributed by atoms with Gasteiger partial charge >= 0.3 is 0 Å². The molecule has 0 radical (unpaired) electrons. The van der Waals surface area contributed by atoms with Crippen LogP contribution < -0.4 is 4.90 Å². The maximum atomic E-state index is 9.47. The Kier molecular flexibility index (Phi) is 4.85. The lowest BCUT2D eigenvalue weighted by Crippen LogP contribution is -2.23. The first kappa shape index (κ1) is 13.1. The minimum Gasteiger partial charge on any atom is -0.389 e. The summed E-state index contributed by atoms with van der Waals surface area (Å²) in [4.78, 5) is 2.09. The molecule has 86 valence electrons. The second-order valence-corrected chi connectivity index (χ2v) is 4.46. The van der Waals surface area contributed by atoms with E-state index < -0.39 is 6.10 Å². The summed E-state index contributed by atoms with van der Waals surface area (Å²) in [6.45, 7) is 5.26. The van der Waals surface area contributed by atoms with Crippen molar-refractivity contribution in [3.05, 3.63) is 28.2 Å². The van der Waals surface area contributed by atoms with E-state index in [1.165, 1.54) is 0 Å². The molecule has 1 aromatic carbocycles. The van der Waals surface area contributed by atoms with Crippen LogP contribution in [0.1, 0.15) is 25.5 Å². The SMILES string of the molecule is C#CCN(CC)c1ccc([C@H](C)O)cc1Br. The van der Waals surface area contributed by atoms with Crippen LogP contribution in [0.3, 0.4) is 0 Å². The van der Waals surface area contributed by atoms with E-state index >= 15 is 0 Å². The summed E-state index contributed by atoms with van der Waals surface area (Å²) in [5.41, 5.74) is 1.96. The molecule has 3 heteroatoms. The van der Waals surface area contributed by atoms with Gasteiger partial charge in [0.05, 0.1) is 18.3 Å². The van der Waals surface area contributed by atoms with Gasteiger partial charge < -0.3 is 10.0 Å². The van der Waals surface area contributed by atoms with Crippen molar-refractivity contribution in [1.82, 2.24) is 0 Å². The zero-order valence-electron chi connectivity index (χ0n) is 9.57. The van der Waals surface area contributed by atoms with Crippen molar-refractivity contribution in [2.45, 2.75) is 20.0 Å². The fourth-order valence-corrected chi connectivity index (χ4v) is 2.16. The molecule has 16 heavy (non-hydrogen) atoms. The Balaban J connectivity index is 3.02. The van der Waals surface area contributed by atoms with Gasteiger partial charge in [-0.3, -0.25) is 0 Å². The zero-order valence-corrected chi connectivity index (χ0v) is 11.2. The lowest BCUT2D eigenvalue weighted by Gasteiger charge is -2.22. The zero-order chi connectivity index (χ0) is 12.1. The largest absolute Gasteiger partial charge is 0.389 e. The van der Waals surface area contributed by atoms with Crippen LogP contribution in [0.4, 0.5) is 5.69 Å². The molecule has 1 atom stereocenters. The normalized spacial score (nSPS) is 11.9. The molecule has 2 nitrogen and oxygen atoms in total. The number of halogens is 1. The highest BCUT2D eigenvalue weighted by molar-refractivity contribution is 9.10. The Labute approximate surface area is 105 Å². The van der Waals surface area contributed by atoms with Crippen LogP contribution >= 0.6 is 15.9 Å². The van der Waals surface area contributed by atoms with Crippen molar-refractivity contribution in [3.63, 3.8) is 0 Å². The molecule has 0 amide bonds. The van der Waals surface area contributed by atoms with Gasteiger partial charge in [-0.2, -0.15) is 0 Å². The third kappa shape index (κ3) is 3.01. The predicted molar refractivity (Wildman–Crippen MR) is 71.5 cm³/mol. The van der Waals surface area contributed by atoms with Gasteiger partial charge in [-0.25, -0.2) is 0 Å². The first-order valence-corrected chi connectivity index (χ1v) is 6.05. The molecular weight excluding hydrogens is 266 g/mol. The number of rotatable bonds is 4. The summed E-state index contributed by atoms with van der Waals surface area (Å²) >= 11 is 3.51. The average Bonchev–Trinajstić information content (AvgIpc) is 2.26. The van der Waals surface area contributed by atoms with Gasteiger partial charge in [0.2, 0.25) is 0 Å². The van der Waals surface area contributed by atoms with Crippen molar-refractivity contribution in [2.75, 3.05) is 18.0 Å². The minimum absolute atomic E-state index is 0.451. The van der Waals surface area contributed by atoms with Crippen LogP contribution in [0.5, 0.6) is 0 Å². The Hall–Kier alpha value is -0.980. The molecule has 0 fully saturated rings. The van der Waals surface area contributed by atoms with Gasteiger partial charge in [0.1, 0.15) is 0 Å². The molecule has 0 saturated heterocycles. The van der Waals surface area contributed by atoms with Crippen LogP contribution in [0.2, 0.25) is 0 Å². The number of hydrogen-bond donors (Lipinski definition) is 1. The first-order chi connectivity index (χ1) is 7.60. The van der Waals surface area contributed by atoms with E-state index in [2.05, 4.69) is 33.7 Å². The molecule has 0 spiro atoms. The van der Waals surface area contributed by atoms with Gasteiger partial charge in [-0.15, -0.1) is 6.42 Å². The Morgan fingerprint density at radius 2 is 2.25 bits per heavy atom. The van der Waals surface area contributed by atoms with E-state index in [9.17, 15) is 5.11 Å². The summed E-state index contributed by atoms with van der Waals surface area (Å²) in [6.07, 6.45) is 4.87. The monoisotopic (exact) mass is 281 g/mol. The maximum absolute atomic E-state index is 9.47. The third-order valence-electron chi connectivity index (χ3n) is 2.46. The molecule has 0 unspecified atom stereocenters. The van der Waals surface area contributed by atoms with Gasteiger partial charge in [-0.1, -0.05) is 12.0 Å². The Morgan fingerprint density at radius 1 is 1.56 bits per heavy atom. The van der Waals surface area contributed by atoms with Crippen molar-refractivity contribution >= 4 is 21.6 Å². The fraction of sp³-hybridized carbons (Fsp3) is 0.385. The summed E-state index contributed by atoms with van der Waals surface area (Å²) in [5, 5.41) is 9.47. The summed E-state index contributed by atoms with van der Waals surface area (Å²) in [7, 11) is 0. The second kappa shape index (κ2) is 5.93. The molecule has 0 saturated carbocycles. The van der Waals surface area contributed by atoms with Crippen LogP contribution in [0, 0.1) is 12.3 Å². The fourth-order valence-electron chi connectivity index (χ4n) is 1.52. The second-order valence-electron chi connectivity index (χ2n) is 3.61. The van der Waals surface area contributed by atoms with Crippen LogP contribution in [-0.4, -0.2) is 18.2 Å². The highest BCUT2D eigenvalue weighted by Crippen LogP contribution is 2.29. The van der Waals surface area contributed by atoms with E-state index in [1.807, 2.05) is 18.2 Å². The van der Waals surface area contributed by atoms with Gasteiger partial charge in [0.25, 0.3) is 0 Å². The first-order valence-electron chi connectivity index (χ1n) is 5.26. The van der Waals surface area contributed by atoms with Gasteiger partial charge in [-0.05, 0) is 47.5 Å². The van der Waals surface area contributed by atoms with E-state index in [-0.39, 0.29) is 0 Å². The number of benzene rings is 1. The van der Waals surface area contributed by atoms with E-state index in [0.29, 0.717) is 6.54 Å². The predicted octanol–water partition coefficient (Wildman–Crippen LogP) is 2.96. The van der Waals surface area contributed by atoms with Gasteiger partial charge in [0.15, 0.2) is 0 Å². The number of terminal acetylenes is 1. The molecule has 0 aliphatic carbocycles. The van der Waals surface area contributed by atoms with Crippen molar-refractivity contribution < 1.29 is 5.11 Å². The van der Waals surface area contributed by atoms with Crippen molar-refractivity contribution in [1.29, 1.82) is 0 Å². The van der Waals surface area contributed by atoms with E-state index in [4.69, 9.17) is 6.42 Å². The molecule has 0 aliphatic heterocycles. The minimum atomic E-state index is -0.451. The number of anilines is 1. The lowest BCUT2D eigenvalue weighted by molar-refractivity contribution is 0.199. The molecular formula is C13H16BrNO. The lowest BCUT2D eigenvalue weighted by atomic mass is 10.1. The molecule has 1 rings (SSSR count). The highest BCUT2D eigenvalue weighted by Gasteiger charge is 2.09.